The molecular weight excluding hydrogens is 216 g/mol. The third kappa shape index (κ3) is 3.90. The van der Waals surface area contributed by atoms with Gasteiger partial charge >= 0.3 is 6.09 Å². The van der Waals surface area contributed by atoms with E-state index in [4.69, 9.17) is 4.74 Å². The first-order chi connectivity index (χ1) is 8.34. The summed E-state index contributed by atoms with van der Waals surface area (Å²) in [6.45, 7) is 0.275. The van der Waals surface area contributed by atoms with Crippen LogP contribution < -0.4 is 5.43 Å². The highest BCUT2D eigenvalue weighted by molar-refractivity contribution is 5.86. The lowest BCUT2D eigenvalue weighted by Gasteiger charge is -2.04. The molecule has 17 heavy (non-hydrogen) atoms. The quantitative estimate of drug-likeness (QED) is 0.815. The standard InChI is InChI=1S/C13H16N2O2/c16-13(15-14-12-8-4-5-9-12)17-10-11-6-2-1-3-7-11/h1-3,6-7H,4-5,8-10H2,(H,15,16). The van der Waals surface area contributed by atoms with Gasteiger partial charge in [-0.15, -0.1) is 0 Å². The van der Waals surface area contributed by atoms with E-state index in [-0.39, 0.29) is 6.61 Å². The van der Waals surface area contributed by atoms with Crippen LogP contribution in [0, 0.1) is 0 Å². The van der Waals surface area contributed by atoms with Crippen LogP contribution >= 0.6 is 0 Å². The minimum absolute atomic E-state index is 0.275. The summed E-state index contributed by atoms with van der Waals surface area (Å²) < 4.78 is 5.03. The molecule has 4 heteroatoms. The first-order valence-electron chi connectivity index (χ1n) is 5.87. The molecule has 4 nitrogen and oxygen atoms in total. The third-order valence-corrected chi connectivity index (χ3v) is 2.70. The van der Waals surface area contributed by atoms with Crippen molar-refractivity contribution in [2.24, 2.45) is 5.10 Å². The average Bonchev–Trinajstić information content (AvgIpc) is 2.88. The van der Waals surface area contributed by atoms with E-state index in [1.54, 1.807) is 0 Å². The number of rotatable bonds is 3. The maximum Gasteiger partial charge on any atom is 0.428 e. The molecule has 0 unspecified atom stereocenters. The fourth-order valence-corrected chi connectivity index (χ4v) is 1.78. The predicted octanol–water partition coefficient (Wildman–Crippen LogP) is 2.84. The molecule has 1 N–H and O–H groups in total. The normalized spacial score (nSPS) is 14.5. The lowest BCUT2D eigenvalue weighted by atomic mass is 10.2. The van der Waals surface area contributed by atoms with Gasteiger partial charge in [-0.2, -0.15) is 5.10 Å². The van der Waals surface area contributed by atoms with E-state index in [0.717, 1.165) is 24.1 Å². The van der Waals surface area contributed by atoms with Crippen LogP contribution in [-0.4, -0.2) is 11.8 Å². The molecule has 0 aromatic heterocycles. The van der Waals surface area contributed by atoms with Crippen LogP contribution in [0.1, 0.15) is 31.2 Å². The maximum atomic E-state index is 11.3. The number of ether oxygens (including phenoxy) is 1. The number of amides is 1. The Balaban J connectivity index is 1.72. The predicted molar refractivity (Wildman–Crippen MR) is 65.7 cm³/mol. The first kappa shape index (κ1) is 11.6. The molecule has 0 radical (unpaired) electrons. The molecule has 0 bridgehead atoms. The SMILES string of the molecule is O=C(NN=C1CCCC1)OCc1ccccc1. The minimum Gasteiger partial charge on any atom is -0.443 e. The molecule has 1 amide bonds. The number of hydrogen-bond donors (Lipinski definition) is 1. The highest BCUT2D eigenvalue weighted by atomic mass is 16.5. The van der Waals surface area contributed by atoms with Crippen molar-refractivity contribution in [3.8, 4) is 0 Å². The van der Waals surface area contributed by atoms with Gasteiger partial charge in [0, 0.05) is 5.71 Å². The summed E-state index contributed by atoms with van der Waals surface area (Å²) in [5.41, 5.74) is 4.45. The summed E-state index contributed by atoms with van der Waals surface area (Å²) in [6, 6.07) is 9.58. The maximum absolute atomic E-state index is 11.3. The highest BCUT2D eigenvalue weighted by Gasteiger charge is 2.09. The smallest absolute Gasteiger partial charge is 0.428 e. The van der Waals surface area contributed by atoms with Crippen LogP contribution in [-0.2, 0) is 11.3 Å². The zero-order chi connectivity index (χ0) is 11.9. The second-order valence-corrected chi connectivity index (χ2v) is 4.06. The van der Waals surface area contributed by atoms with Crippen LogP contribution in [0.3, 0.4) is 0 Å². The zero-order valence-corrected chi connectivity index (χ0v) is 9.69. The molecule has 90 valence electrons. The van der Waals surface area contributed by atoms with Crippen molar-refractivity contribution >= 4 is 11.8 Å². The van der Waals surface area contributed by atoms with Gasteiger partial charge in [0.25, 0.3) is 0 Å². The summed E-state index contributed by atoms with van der Waals surface area (Å²) in [6.07, 6.45) is 3.81. The van der Waals surface area contributed by atoms with E-state index >= 15 is 0 Å². The molecule has 0 saturated heterocycles. The van der Waals surface area contributed by atoms with Gasteiger partial charge in [-0.25, -0.2) is 10.2 Å². The van der Waals surface area contributed by atoms with Crippen LogP contribution in [0.25, 0.3) is 0 Å². The molecule has 0 heterocycles. The summed E-state index contributed by atoms with van der Waals surface area (Å²) in [5, 5.41) is 4.03. The van der Waals surface area contributed by atoms with Crippen molar-refractivity contribution in [1.29, 1.82) is 0 Å². The van der Waals surface area contributed by atoms with Crippen molar-refractivity contribution in [3.63, 3.8) is 0 Å². The van der Waals surface area contributed by atoms with Crippen LogP contribution in [0.5, 0.6) is 0 Å². The summed E-state index contributed by atoms with van der Waals surface area (Å²) in [5.74, 6) is 0. The molecule has 1 aliphatic rings. The van der Waals surface area contributed by atoms with Crippen molar-refractivity contribution in [2.75, 3.05) is 0 Å². The van der Waals surface area contributed by atoms with Crippen molar-refractivity contribution in [3.05, 3.63) is 35.9 Å². The van der Waals surface area contributed by atoms with E-state index in [0.29, 0.717) is 0 Å². The number of carbonyl (C=O) groups is 1. The zero-order valence-electron chi connectivity index (χ0n) is 9.69. The Morgan fingerprint density at radius 1 is 1.24 bits per heavy atom. The number of carbonyl (C=O) groups excluding carboxylic acids is 1. The van der Waals surface area contributed by atoms with Gasteiger partial charge in [0.05, 0.1) is 0 Å². The van der Waals surface area contributed by atoms with Crippen molar-refractivity contribution in [2.45, 2.75) is 32.3 Å². The molecule has 1 fully saturated rings. The largest absolute Gasteiger partial charge is 0.443 e. The monoisotopic (exact) mass is 232 g/mol. The second-order valence-electron chi connectivity index (χ2n) is 4.06. The lowest BCUT2D eigenvalue weighted by Crippen LogP contribution is -2.20. The summed E-state index contributed by atoms with van der Waals surface area (Å²) >= 11 is 0. The van der Waals surface area contributed by atoms with E-state index in [1.165, 1.54) is 12.8 Å². The van der Waals surface area contributed by atoms with Crippen LogP contribution in [0.4, 0.5) is 4.79 Å². The Kier molecular flexibility index (Phi) is 4.13. The van der Waals surface area contributed by atoms with Gasteiger partial charge in [-0.05, 0) is 31.2 Å². The summed E-state index contributed by atoms with van der Waals surface area (Å²) in [7, 11) is 0. The second kappa shape index (κ2) is 6.03. The molecule has 0 aliphatic heterocycles. The number of hydrogen-bond acceptors (Lipinski definition) is 3. The Hall–Kier alpha value is -1.84. The van der Waals surface area contributed by atoms with Crippen molar-refractivity contribution in [1.82, 2.24) is 5.43 Å². The Bertz CT molecular complexity index is 393. The topological polar surface area (TPSA) is 50.7 Å². The minimum atomic E-state index is -0.492. The Morgan fingerprint density at radius 2 is 1.94 bits per heavy atom. The fraction of sp³-hybridized carbons (Fsp3) is 0.385. The van der Waals surface area contributed by atoms with Crippen molar-refractivity contribution < 1.29 is 9.53 Å². The number of nitrogens with one attached hydrogen (secondary N) is 1. The van der Waals surface area contributed by atoms with E-state index in [1.807, 2.05) is 30.3 Å². The first-order valence-corrected chi connectivity index (χ1v) is 5.87. The van der Waals surface area contributed by atoms with E-state index in [2.05, 4.69) is 10.5 Å². The van der Waals surface area contributed by atoms with Gasteiger partial charge in [0.15, 0.2) is 0 Å². The van der Waals surface area contributed by atoms with Gasteiger partial charge in [0.1, 0.15) is 6.61 Å². The molecule has 1 aliphatic carbocycles. The molecule has 1 aromatic rings. The Morgan fingerprint density at radius 3 is 2.65 bits per heavy atom. The van der Waals surface area contributed by atoms with Gasteiger partial charge < -0.3 is 4.74 Å². The van der Waals surface area contributed by atoms with Gasteiger partial charge in [0.2, 0.25) is 0 Å². The van der Waals surface area contributed by atoms with Gasteiger partial charge in [-0.1, -0.05) is 30.3 Å². The van der Waals surface area contributed by atoms with Crippen LogP contribution in [0.2, 0.25) is 0 Å². The van der Waals surface area contributed by atoms with Crippen LogP contribution in [0.15, 0.2) is 35.4 Å². The third-order valence-electron chi connectivity index (χ3n) is 2.70. The molecule has 2 rings (SSSR count). The van der Waals surface area contributed by atoms with E-state index in [9.17, 15) is 4.79 Å². The molecule has 0 spiro atoms. The summed E-state index contributed by atoms with van der Waals surface area (Å²) in [4.78, 5) is 11.3. The number of benzene rings is 1. The molecule has 0 atom stereocenters. The Labute approximate surface area is 101 Å². The molecule has 1 aromatic carbocycles. The fourth-order valence-electron chi connectivity index (χ4n) is 1.78. The van der Waals surface area contributed by atoms with Gasteiger partial charge in [-0.3, -0.25) is 0 Å². The van der Waals surface area contributed by atoms with E-state index < -0.39 is 6.09 Å². The molecular formula is C13H16N2O2. The average molecular weight is 232 g/mol. The number of nitrogens with zero attached hydrogens (tertiary/aromatic N) is 1. The lowest BCUT2D eigenvalue weighted by molar-refractivity contribution is 0.140. The number of hydrazone groups is 1. The molecule has 1 saturated carbocycles. The highest BCUT2D eigenvalue weighted by Crippen LogP contribution is 2.13.